The lowest BCUT2D eigenvalue weighted by Gasteiger charge is -2.29. The maximum atomic E-state index is 14.1. The Labute approximate surface area is 315 Å². The number of morpholine rings is 1. The van der Waals surface area contributed by atoms with Gasteiger partial charge in [-0.2, -0.15) is 0 Å². The number of hydrogen-bond acceptors (Lipinski definition) is 8. The quantitative estimate of drug-likeness (QED) is 0.104. The van der Waals surface area contributed by atoms with Crippen molar-refractivity contribution in [1.82, 2.24) is 26.2 Å². The van der Waals surface area contributed by atoms with E-state index in [0.717, 1.165) is 11.1 Å². The lowest BCUT2D eigenvalue weighted by molar-refractivity contribution is -0.135. The molecule has 0 radical (unpaired) electrons. The molecule has 2 fully saturated rings. The zero-order valence-electron chi connectivity index (χ0n) is 32.5. The summed E-state index contributed by atoms with van der Waals surface area (Å²) in [5, 5.41) is 11.6. The summed E-state index contributed by atoms with van der Waals surface area (Å²) in [6.07, 6.45) is 8.99. The summed E-state index contributed by atoms with van der Waals surface area (Å²) in [6, 6.07) is 5.53. The van der Waals surface area contributed by atoms with Gasteiger partial charge in [-0.3, -0.25) is 28.9 Å². The summed E-state index contributed by atoms with van der Waals surface area (Å²) in [7, 11) is 0. The first-order valence-corrected chi connectivity index (χ1v) is 18.9. The Bertz CT molecular complexity index is 1450. The Balaban J connectivity index is 1.83. The molecule has 1 aromatic carbocycles. The van der Waals surface area contributed by atoms with Crippen molar-refractivity contribution in [2.45, 2.75) is 103 Å². The van der Waals surface area contributed by atoms with Crippen LogP contribution in [-0.2, 0) is 39.9 Å². The van der Waals surface area contributed by atoms with Gasteiger partial charge in [0.2, 0.25) is 23.6 Å². The summed E-state index contributed by atoms with van der Waals surface area (Å²) in [5.74, 6) is -1.91. The summed E-state index contributed by atoms with van der Waals surface area (Å²) in [5.41, 5.74) is 0.820. The summed E-state index contributed by atoms with van der Waals surface area (Å²) < 4.78 is 10.8. The molecule has 2 saturated heterocycles. The van der Waals surface area contributed by atoms with Crippen molar-refractivity contribution in [2.24, 2.45) is 11.8 Å². The maximum Gasteiger partial charge on any atom is 0.243 e. The van der Waals surface area contributed by atoms with Gasteiger partial charge in [-0.25, -0.2) is 0 Å². The highest BCUT2D eigenvalue weighted by Gasteiger charge is 2.50. The molecule has 2 aliphatic heterocycles. The third kappa shape index (κ3) is 15.0. The van der Waals surface area contributed by atoms with Gasteiger partial charge in [0.1, 0.15) is 23.7 Å². The van der Waals surface area contributed by atoms with Crippen LogP contribution in [0.4, 0.5) is 0 Å². The van der Waals surface area contributed by atoms with Crippen LogP contribution in [0.25, 0.3) is 0 Å². The number of amides is 4. The van der Waals surface area contributed by atoms with Crippen LogP contribution in [0.1, 0.15) is 72.8 Å². The van der Waals surface area contributed by atoms with Crippen molar-refractivity contribution in [1.29, 1.82) is 0 Å². The molecule has 4 N–H and O–H groups in total. The van der Waals surface area contributed by atoms with E-state index in [-0.39, 0.29) is 49.3 Å². The summed E-state index contributed by atoms with van der Waals surface area (Å²) >= 11 is 0. The number of nitrogens with zero attached hydrogens (tertiary/aromatic N) is 1. The molecule has 2 aliphatic rings. The second-order valence-corrected chi connectivity index (χ2v) is 15.0. The average molecular weight is 736 g/mol. The third-order valence-corrected chi connectivity index (χ3v) is 9.25. The lowest BCUT2D eigenvalue weighted by atomic mass is 9.93. The minimum atomic E-state index is -1.04. The highest BCUT2D eigenvalue weighted by molar-refractivity contribution is 5.98. The normalized spacial score (nSPS) is 20.0. The molecular formula is C41H61N5O7. The van der Waals surface area contributed by atoms with E-state index in [1.165, 1.54) is 0 Å². The van der Waals surface area contributed by atoms with E-state index < -0.39 is 47.5 Å². The number of ether oxygens (including phenoxy) is 2. The average Bonchev–Trinajstić information content (AvgIpc) is 3.87. The highest BCUT2D eigenvalue weighted by atomic mass is 16.6. The molecule has 12 heteroatoms. The number of epoxide rings is 1. The molecule has 0 saturated carbocycles. The number of ketones is 1. The molecule has 12 nitrogen and oxygen atoms in total. The highest BCUT2D eigenvalue weighted by Crippen LogP contribution is 2.29. The van der Waals surface area contributed by atoms with E-state index >= 15 is 0 Å². The topological polar surface area (TPSA) is 158 Å². The largest absolute Gasteiger partial charge is 0.379 e. The SMILES string of the molecule is C=CC=C(C=CC)CCC(NC(=O)CN1CCOCC1)C(=O)NC(CC(C)C)C(=O)NC(Cc1ccccc1)C(=O)NC(CC(C)C)C(=O)C1(C)CO1. The Kier molecular flexibility index (Phi) is 17.6. The van der Waals surface area contributed by atoms with Crippen LogP contribution >= 0.6 is 0 Å². The van der Waals surface area contributed by atoms with Crippen LogP contribution < -0.4 is 21.3 Å². The number of Topliss-reactive ketones (excluding diaryl/α,β-unsaturated/α-hetero) is 1. The Hall–Kier alpha value is -4.13. The molecule has 3 rings (SSSR count). The van der Waals surface area contributed by atoms with Crippen LogP contribution in [0.2, 0.25) is 0 Å². The van der Waals surface area contributed by atoms with Crippen molar-refractivity contribution < 1.29 is 33.4 Å². The van der Waals surface area contributed by atoms with Gasteiger partial charge in [-0.05, 0) is 62.5 Å². The molecule has 4 amide bonds. The maximum absolute atomic E-state index is 14.1. The first kappa shape index (κ1) is 43.3. The Morgan fingerprint density at radius 1 is 0.849 bits per heavy atom. The first-order chi connectivity index (χ1) is 25.2. The van der Waals surface area contributed by atoms with E-state index in [1.54, 1.807) is 13.0 Å². The number of carbonyl (C=O) groups excluding carboxylic acids is 5. The number of hydrogen-bond donors (Lipinski definition) is 4. The molecule has 0 aromatic heterocycles. The fourth-order valence-corrected chi connectivity index (χ4v) is 6.27. The second kappa shape index (κ2) is 21.5. The van der Waals surface area contributed by atoms with E-state index in [2.05, 4.69) is 27.8 Å². The molecule has 2 heterocycles. The van der Waals surface area contributed by atoms with Gasteiger partial charge < -0.3 is 30.7 Å². The fraction of sp³-hybridized carbons (Fsp3) is 0.585. The predicted octanol–water partition coefficient (Wildman–Crippen LogP) is 3.42. The third-order valence-electron chi connectivity index (χ3n) is 9.25. The van der Waals surface area contributed by atoms with Crippen LogP contribution in [0.5, 0.6) is 0 Å². The van der Waals surface area contributed by atoms with E-state index in [0.29, 0.717) is 45.8 Å². The van der Waals surface area contributed by atoms with Gasteiger partial charge in [-0.15, -0.1) is 0 Å². The molecule has 0 spiro atoms. The molecule has 1 aromatic rings. The number of nitrogens with one attached hydrogen (secondary N) is 4. The van der Waals surface area contributed by atoms with Crippen molar-refractivity contribution in [3.05, 3.63) is 72.4 Å². The standard InChI is InChI=1S/C41H61N5O7/c1-8-13-30(14-9-2)17-18-32(42-36(47)26-46-19-21-52-22-20-46)38(49)44-34(24-29(5)6)39(50)45-35(25-31-15-11-10-12-16-31)40(51)43-33(23-28(3)4)37(48)41(7)27-53-41/h8-16,28-29,32-35H,1,17-27H2,2-7H3,(H,42,47)(H,43,51)(H,44,49)(H,45,50). The van der Waals surface area contributed by atoms with Gasteiger partial charge in [0.25, 0.3) is 0 Å². The lowest BCUT2D eigenvalue weighted by Crippen LogP contribution is -2.59. The van der Waals surface area contributed by atoms with Crippen molar-refractivity contribution in [2.75, 3.05) is 39.5 Å². The molecular weight excluding hydrogens is 674 g/mol. The van der Waals surface area contributed by atoms with Gasteiger partial charge >= 0.3 is 0 Å². The van der Waals surface area contributed by atoms with Crippen LogP contribution in [0.3, 0.4) is 0 Å². The molecule has 53 heavy (non-hydrogen) atoms. The van der Waals surface area contributed by atoms with E-state index in [1.807, 2.05) is 88.1 Å². The number of carbonyl (C=O) groups is 5. The van der Waals surface area contributed by atoms with Gasteiger partial charge in [-0.1, -0.05) is 88.9 Å². The molecule has 0 aliphatic carbocycles. The zero-order chi connectivity index (χ0) is 39.0. The Morgan fingerprint density at radius 3 is 2.00 bits per heavy atom. The molecule has 0 bridgehead atoms. The van der Waals surface area contributed by atoms with Crippen molar-refractivity contribution in [3.63, 3.8) is 0 Å². The predicted molar refractivity (Wildman–Crippen MR) is 206 cm³/mol. The molecule has 5 unspecified atom stereocenters. The summed E-state index contributed by atoms with van der Waals surface area (Å²) in [6.45, 7) is 17.9. The van der Waals surface area contributed by atoms with Crippen LogP contribution in [0, 0.1) is 11.8 Å². The van der Waals surface area contributed by atoms with Crippen molar-refractivity contribution >= 4 is 29.4 Å². The number of benzene rings is 1. The van der Waals surface area contributed by atoms with Gasteiger partial charge in [0.15, 0.2) is 5.78 Å². The monoisotopic (exact) mass is 735 g/mol. The number of allylic oxidation sites excluding steroid dienone is 5. The smallest absolute Gasteiger partial charge is 0.243 e. The number of rotatable bonds is 22. The second-order valence-electron chi connectivity index (χ2n) is 15.0. The fourth-order valence-electron chi connectivity index (χ4n) is 6.27. The Morgan fingerprint density at radius 2 is 1.42 bits per heavy atom. The minimum Gasteiger partial charge on any atom is -0.379 e. The minimum absolute atomic E-state index is 0.00552. The van der Waals surface area contributed by atoms with E-state index in [9.17, 15) is 24.0 Å². The summed E-state index contributed by atoms with van der Waals surface area (Å²) in [4.78, 5) is 70.6. The molecule has 292 valence electrons. The van der Waals surface area contributed by atoms with Crippen LogP contribution in [-0.4, -0.2) is 104 Å². The molecule has 5 atom stereocenters. The zero-order valence-corrected chi connectivity index (χ0v) is 32.5. The van der Waals surface area contributed by atoms with Crippen molar-refractivity contribution in [3.8, 4) is 0 Å². The van der Waals surface area contributed by atoms with E-state index in [4.69, 9.17) is 9.47 Å². The first-order valence-electron chi connectivity index (χ1n) is 18.9. The van der Waals surface area contributed by atoms with Gasteiger partial charge in [0, 0.05) is 19.5 Å². The van der Waals surface area contributed by atoms with Crippen LogP contribution in [0.15, 0.2) is 66.8 Å². The van der Waals surface area contributed by atoms with Gasteiger partial charge in [0.05, 0.1) is 32.4 Å².